The van der Waals surface area contributed by atoms with Gasteiger partial charge < -0.3 is 10.2 Å². The average Bonchev–Trinajstić information content (AvgIpc) is 3.04. The van der Waals surface area contributed by atoms with Crippen LogP contribution in [-0.4, -0.2) is 35.5 Å². The highest BCUT2D eigenvalue weighted by molar-refractivity contribution is 5.83. The maximum atomic E-state index is 12.4. The molecule has 0 bridgehead atoms. The quantitative estimate of drug-likeness (QED) is 0.789. The van der Waals surface area contributed by atoms with E-state index >= 15 is 0 Å². The van der Waals surface area contributed by atoms with Crippen LogP contribution in [0, 0.1) is 5.92 Å². The van der Waals surface area contributed by atoms with Crippen molar-refractivity contribution in [1.29, 1.82) is 0 Å². The smallest absolute Gasteiger partial charge is 0.240 e. The van der Waals surface area contributed by atoms with Gasteiger partial charge in [-0.25, -0.2) is 0 Å². The number of likely N-dealkylation sites (N-methyl/N-ethyl adjacent to an activating group) is 1. The summed E-state index contributed by atoms with van der Waals surface area (Å²) in [7, 11) is 0. The van der Waals surface area contributed by atoms with Gasteiger partial charge in [0.25, 0.3) is 0 Å². The van der Waals surface area contributed by atoms with E-state index in [2.05, 4.69) is 31.0 Å². The highest BCUT2D eigenvalue weighted by Crippen LogP contribution is 2.43. The molecule has 0 aromatic rings. The third-order valence-corrected chi connectivity index (χ3v) is 4.16. The van der Waals surface area contributed by atoms with Gasteiger partial charge in [0.2, 0.25) is 5.91 Å². The Morgan fingerprint density at radius 3 is 2.62 bits per heavy atom. The largest absolute Gasteiger partial charge is 0.336 e. The molecule has 1 aliphatic carbocycles. The van der Waals surface area contributed by atoms with Crippen LogP contribution in [-0.2, 0) is 4.79 Å². The first-order chi connectivity index (χ1) is 7.57. The SMILES string of the molecule is CCNC1CCCN(C(C)(C)C2CC2)C1=O. The molecule has 0 aromatic heterocycles. The van der Waals surface area contributed by atoms with Gasteiger partial charge in [0.1, 0.15) is 0 Å². The summed E-state index contributed by atoms with van der Waals surface area (Å²) in [6, 6.07) is 0.0665. The molecule has 1 saturated carbocycles. The predicted octanol–water partition coefficient (Wildman–Crippen LogP) is 1.78. The van der Waals surface area contributed by atoms with E-state index < -0.39 is 0 Å². The van der Waals surface area contributed by atoms with Crippen LogP contribution in [0.3, 0.4) is 0 Å². The number of piperidine rings is 1. The summed E-state index contributed by atoms with van der Waals surface area (Å²) in [5, 5.41) is 3.30. The number of hydrogen-bond acceptors (Lipinski definition) is 2. The lowest BCUT2D eigenvalue weighted by molar-refractivity contribution is -0.142. The number of carbonyl (C=O) groups is 1. The molecular formula is C13H24N2O. The van der Waals surface area contributed by atoms with E-state index in [-0.39, 0.29) is 11.6 Å². The van der Waals surface area contributed by atoms with Crippen molar-refractivity contribution in [3.8, 4) is 0 Å². The average molecular weight is 224 g/mol. The van der Waals surface area contributed by atoms with Gasteiger partial charge in [-0.2, -0.15) is 0 Å². The Morgan fingerprint density at radius 1 is 1.38 bits per heavy atom. The topological polar surface area (TPSA) is 32.3 Å². The van der Waals surface area contributed by atoms with Crippen LogP contribution < -0.4 is 5.32 Å². The molecule has 2 rings (SSSR count). The number of amides is 1. The molecule has 1 aliphatic heterocycles. The summed E-state index contributed by atoms with van der Waals surface area (Å²) in [6.07, 6.45) is 4.73. The fourth-order valence-electron chi connectivity index (χ4n) is 2.89. The second-order valence-corrected chi connectivity index (χ2v) is 5.67. The summed E-state index contributed by atoms with van der Waals surface area (Å²) in [5.41, 5.74) is 0.0746. The van der Waals surface area contributed by atoms with Gasteiger partial charge >= 0.3 is 0 Å². The number of nitrogens with one attached hydrogen (secondary N) is 1. The minimum absolute atomic E-state index is 0.0665. The Balaban J connectivity index is 2.06. The van der Waals surface area contributed by atoms with E-state index in [0.29, 0.717) is 5.91 Å². The van der Waals surface area contributed by atoms with Crippen LogP contribution in [0.1, 0.15) is 46.5 Å². The molecule has 2 aliphatic rings. The van der Waals surface area contributed by atoms with E-state index in [1.807, 2.05) is 0 Å². The van der Waals surface area contributed by atoms with E-state index in [4.69, 9.17) is 0 Å². The van der Waals surface area contributed by atoms with Gasteiger partial charge in [-0.05, 0) is 52.0 Å². The number of likely N-dealkylation sites (tertiary alicyclic amines) is 1. The normalized spacial score (nSPS) is 27.3. The summed E-state index contributed by atoms with van der Waals surface area (Å²) in [4.78, 5) is 14.5. The van der Waals surface area contributed by atoms with Gasteiger partial charge in [0.05, 0.1) is 6.04 Å². The Labute approximate surface area is 98.6 Å². The minimum atomic E-state index is 0.0665. The number of carbonyl (C=O) groups excluding carboxylic acids is 1. The maximum Gasteiger partial charge on any atom is 0.240 e. The highest BCUT2D eigenvalue weighted by atomic mass is 16.2. The fraction of sp³-hybridized carbons (Fsp3) is 0.923. The monoisotopic (exact) mass is 224 g/mol. The standard InChI is InChI=1S/C13H24N2O/c1-4-14-11-6-5-9-15(12(11)16)13(2,3)10-7-8-10/h10-11,14H,4-9H2,1-3H3. The molecule has 1 N–H and O–H groups in total. The summed E-state index contributed by atoms with van der Waals surface area (Å²) < 4.78 is 0. The van der Waals surface area contributed by atoms with E-state index in [9.17, 15) is 4.79 Å². The summed E-state index contributed by atoms with van der Waals surface area (Å²) in [5.74, 6) is 1.06. The van der Waals surface area contributed by atoms with Gasteiger partial charge in [0.15, 0.2) is 0 Å². The zero-order valence-electron chi connectivity index (χ0n) is 10.8. The second kappa shape index (κ2) is 4.36. The first-order valence-corrected chi connectivity index (χ1v) is 6.62. The van der Waals surface area contributed by atoms with E-state index in [1.165, 1.54) is 12.8 Å². The van der Waals surface area contributed by atoms with Gasteiger partial charge in [-0.3, -0.25) is 4.79 Å². The number of rotatable bonds is 4. The minimum Gasteiger partial charge on any atom is -0.336 e. The molecule has 3 nitrogen and oxygen atoms in total. The molecule has 3 heteroatoms. The van der Waals surface area contributed by atoms with E-state index in [0.717, 1.165) is 31.8 Å². The van der Waals surface area contributed by atoms with Gasteiger partial charge in [-0.15, -0.1) is 0 Å². The molecule has 1 heterocycles. The third kappa shape index (κ3) is 2.10. The lowest BCUT2D eigenvalue weighted by Gasteiger charge is -2.44. The summed E-state index contributed by atoms with van der Waals surface area (Å²) >= 11 is 0. The lowest BCUT2D eigenvalue weighted by Crippen LogP contribution is -2.58. The summed E-state index contributed by atoms with van der Waals surface area (Å²) in [6.45, 7) is 8.37. The van der Waals surface area contributed by atoms with Crippen LogP contribution in [0.4, 0.5) is 0 Å². The van der Waals surface area contributed by atoms with Crippen molar-refractivity contribution >= 4 is 5.91 Å². The van der Waals surface area contributed by atoms with Crippen molar-refractivity contribution in [3.05, 3.63) is 0 Å². The third-order valence-electron chi connectivity index (χ3n) is 4.16. The van der Waals surface area contributed by atoms with Crippen LogP contribution in [0.2, 0.25) is 0 Å². The molecule has 1 unspecified atom stereocenters. The Morgan fingerprint density at radius 2 is 2.06 bits per heavy atom. The zero-order chi connectivity index (χ0) is 11.8. The molecular weight excluding hydrogens is 200 g/mol. The first kappa shape index (κ1) is 11.9. The van der Waals surface area contributed by atoms with Crippen molar-refractivity contribution in [3.63, 3.8) is 0 Å². The zero-order valence-corrected chi connectivity index (χ0v) is 10.8. The molecule has 0 aromatic carbocycles. The maximum absolute atomic E-state index is 12.4. The first-order valence-electron chi connectivity index (χ1n) is 6.62. The van der Waals surface area contributed by atoms with Gasteiger partial charge in [0, 0.05) is 12.1 Å². The van der Waals surface area contributed by atoms with Crippen LogP contribution >= 0.6 is 0 Å². The van der Waals surface area contributed by atoms with Crippen molar-refractivity contribution in [2.45, 2.75) is 58.0 Å². The number of nitrogens with zero attached hydrogens (tertiary/aromatic N) is 1. The molecule has 1 amide bonds. The Hall–Kier alpha value is -0.570. The molecule has 1 atom stereocenters. The van der Waals surface area contributed by atoms with Crippen molar-refractivity contribution in [1.82, 2.24) is 10.2 Å². The molecule has 1 saturated heterocycles. The van der Waals surface area contributed by atoms with Crippen LogP contribution in [0.15, 0.2) is 0 Å². The lowest BCUT2D eigenvalue weighted by atomic mass is 9.91. The Kier molecular flexibility index (Phi) is 3.24. The number of hydrogen-bond donors (Lipinski definition) is 1. The van der Waals surface area contributed by atoms with Gasteiger partial charge in [-0.1, -0.05) is 6.92 Å². The van der Waals surface area contributed by atoms with Crippen molar-refractivity contribution in [2.24, 2.45) is 5.92 Å². The Bertz CT molecular complexity index is 269. The van der Waals surface area contributed by atoms with Crippen LogP contribution in [0.5, 0.6) is 0 Å². The molecule has 16 heavy (non-hydrogen) atoms. The molecule has 92 valence electrons. The second-order valence-electron chi connectivity index (χ2n) is 5.67. The molecule has 0 spiro atoms. The van der Waals surface area contributed by atoms with Crippen molar-refractivity contribution in [2.75, 3.05) is 13.1 Å². The van der Waals surface area contributed by atoms with E-state index in [1.54, 1.807) is 0 Å². The van der Waals surface area contributed by atoms with Crippen molar-refractivity contribution < 1.29 is 4.79 Å². The van der Waals surface area contributed by atoms with Crippen LogP contribution in [0.25, 0.3) is 0 Å². The fourth-order valence-corrected chi connectivity index (χ4v) is 2.89. The predicted molar refractivity (Wildman–Crippen MR) is 65.2 cm³/mol. The highest BCUT2D eigenvalue weighted by Gasteiger charge is 2.46. The molecule has 2 fully saturated rings. The molecule has 0 radical (unpaired) electrons.